The highest BCUT2D eigenvalue weighted by Crippen LogP contribution is 2.52. The van der Waals surface area contributed by atoms with Gasteiger partial charge in [0.2, 0.25) is 0 Å². The average molecular weight is 172 g/mol. The van der Waals surface area contributed by atoms with E-state index in [0.29, 0.717) is 6.42 Å². The van der Waals surface area contributed by atoms with Crippen molar-refractivity contribution in [1.29, 1.82) is 0 Å². The maximum Gasteiger partial charge on any atom is 0.309 e. The smallest absolute Gasteiger partial charge is 0.309 e. The maximum atomic E-state index is 10.8. The molecule has 0 aromatic heterocycles. The van der Waals surface area contributed by atoms with Crippen molar-refractivity contribution >= 4 is 5.97 Å². The van der Waals surface area contributed by atoms with Gasteiger partial charge in [0.1, 0.15) is 0 Å². The van der Waals surface area contributed by atoms with Crippen LogP contribution in [0.3, 0.4) is 0 Å². The third kappa shape index (κ3) is 1.78. The number of ether oxygens (including phenoxy) is 1. The van der Waals surface area contributed by atoms with Crippen LogP contribution in [0.25, 0.3) is 0 Å². The molecule has 0 aliphatic heterocycles. The van der Waals surface area contributed by atoms with Crippen molar-refractivity contribution in [3.05, 3.63) is 0 Å². The summed E-state index contributed by atoms with van der Waals surface area (Å²) in [5, 5.41) is 8.91. The van der Waals surface area contributed by atoms with Gasteiger partial charge in [-0.3, -0.25) is 4.79 Å². The molecule has 0 saturated heterocycles. The number of hydrogen-bond donors (Lipinski definition) is 1. The molecule has 0 atom stereocenters. The highest BCUT2D eigenvalue weighted by molar-refractivity contribution is 5.77. The van der Waals surface area contributed by atoms with Gasteiger partial charge in [0.05, 0.1) is 11.0 Å². The number of carboxylic acid groups (broad SMARTS) is 1. The van der Waals surface area contributed by atoms with E-state index >= 15 is 0 Å². The van der Waals surface area contributed by atoms with E-state index in [1.807, 2.05) is 13.8 Å². The minimum absolute atomic E-state index is 0.311. The molecule has 0 aromatic carbocycles. The lowest BCUT2D eigenvalue weighted by Gasteiger charge is -2.26. The molecule has 1 rings (SSSR count). The van der Waals surface area contributed by atoms with Gasteiger partial charge in [0.15, 0.2) is 0 Å². The van der Waals surface area contributed by atoms with Crippen molar-refractivity contribution < 1.29 is 14.6 Å². The molecule has 1 fully saturated rings. The van der Waals surface area contributed by atoms with Crippen LogP contribution in [0.15, 0.2) is 0 Å². The van der Waals surface area contributed by atoms with Gasteiger partial charge in [0, 0.05) is 7.11 Å². The summed E-state index contributed by atoms with van der Waals surface area (Å²) in [4.78, 5) is 10.8. The molecule has 3 nitrogen and oxygen atoms in total. The van der Waals surface area contributed by atoms with Gasteiger partial charge in [-0.1, -0.05) is 0 Å². The zero-order valence-corrected chi connectivity index (χ0v) is 7.89. The first-order valence-electron chi connectivity index (χ1n) is 4.20. The third-order valence-electron chi connectivity index (χ3n) is 2.62. The summed E-state index contributed by atoms with van der Waals surface area (Å²) >= 11 is 0. The summed E-state index contributed by atoms with van der Waals surface area (Å²) in [6, 6.07) is 0. The molecule has 0 bridgehead atoms. The Hall–Kier alpha value is -0.570. The van der Waals surface area contributed by atoms with Crippen LogP contribution in [-0.4, -0.2) is 23.8 Å². The Labute approximate surface area is 72.7 Å². The van der Waals surface area contributed by atoms with Crippen LogP contribution in [0, 0.1) is 5.41 Å². The quantitative estimate of drug-likeness (QED) is 0.701. The van der Waals surface area contributed by atoms with E-state index in [1.54, 1.807) is 7.11 Å². The molecule has 1 N–H and O–H groups in total. The van der Waals surface area contributed by atoms with Gasteiger partial charge in [-0.15, -0.1) is 0 Å². The predicted octanol–water partition coefficient (Wildman–Crippen LogP) is 1.67. The summed E-state index contributed by atoms with van der Waals surface area (Å²) < 4.78 is 5.20. The number of carbonyl (C=O) groups is 1. The van der Waals surface area contributed by atoms with E-state index in [2.05, 4.69) is 0 Å². The summed E-state index contributed by atoms with van der Waals surface area (Å²) in [5.74, 6) is -0.673. The molecule has 1 aliphatic carbocycles. The molecule has 0 heterocycles. The van der Waals surface area contributed by atoms with Gasteiger partial charge in [-0.05, 0) is 33.1 Å². The van der Waals surface area contributed by atoms with Crippen LogP contribution in [0.4, 0.5) is 0 Å². The second-order valence-electron chi connectivity index (χ2n) is 4.23. The number of carboxylic acids is 1. The van der Waals surface area contributed by atoms with Crippen LogP contribution in [0.1, 0.15) is 33.1 Å². The van der Waals surface area contributed by atoms with E-state index < -0.39 is 11.4 Å². The fraction of sp³-hybridized carbons (Fsp3) is 0.889. The van der Waals surface area contributed by atoms with Gasteiger partial charge in [-0.2, -0.15) is 0 Å². The summed E-state index contributed by atoms with van der Waals surface area (Å²) in [6.45, 7) is 3.85. The minimum Gasteiger partial charge on any atom is -0.481 e. The number of methoxy groups -OCH3 is 1. The van der Waals surface area contributed by atoms with E-state index in [0.717, 1.165) is 12.8 Å². The highest BCUT2D eigenvalue weighted by Gasteiger charge is 2.52. The predicted molar refractivity (Wildman–Crippen MR) is 45.0 cm³/mol. The Kier molecular flexibility index (Phi) is 2.17. The molecule has 1 saturated carbocycles. The molecule has 1 aliphatic rings. The fourth-order valence-electron chi connectivity index (χ4n) is 1.50. The Morgan fingerprint density at radius 3 is 2.33 bits per heavy atom. The molecule has 12 heavy (non-hydrogen) atoms. The lowest BCUT2D eigenvalue weighted by molar-refractivity contribution is -0.146. The van der Waals surface area contributed by atoms with Crippen molar-refractivity contribution in [2.75, 3.05) is 7.11 Å². The first kappa shape index (κ1) is 9.52. The summed E-state index contributed by atoms with van der Waals surface area (Å²) in [5.41, 5.74) is -0.783. The topological polar surface area (TPSA) is 46.5 Å². The molecular formula is C9H16O3. The zero-order valence-electron chi connectivity index (χ0n) is 7.89. The summed E-state index contributed by atoms with van der Waals surface area (Å²) in [6.07, 6.45) is 2.22. The van der Waals surface area contributed by atoms with Gasteiger partial charge < -0.3 is 9.84 Å². The molecule has 0 unspecified atom stereocenters. The Morgan fingerprint density at radius 2 is 2.08 bits per heavy atom. The van der Waals surface area contributed by atoms with Crippen LogP contribution in [-0.2, 0) is 9.53 Å². The van der Waals surface area contributed by atoms with Gasteiger partial charge in [-0.25, -0.2) is 0 Å². The van der Waals surface area contributed by atoms with Crippen LogP contribution in [0.2, 0.25) is 0 Å². The van der Waals surface area contributed by atoms with E-state index in [1.165, 1.54) is 0 Å². The normalized spacial score (nSPS) is 20.6. The molecule has 0 aromatic rings. The van der Waals surface area contributed by atoms with Crippen LogP contribution >= 0.6 is 0 Å². The van der Waals surface area contributed by atoms with Crippen molar-refractivity contribution in [1.82, 2.24) is 0 Å². The van der Waals surface area contributed by atoms with Crippen molar-refractivity contribution in [3.63, 3.8) is 0 Å². The average Bonchev–Trinajstić information content (AvgIpc) is 2.69. The van der Waals surface area contributed by atoms with Gasteiger partial charge >= 0.3 is 5.97 Å². The number of aliphatic carboxylic acids is 1. The summed E-state index contributed by atoms with van der Waals surface area (Å²) in [7, 11) is 1.62. The van der Waals surface area contributed by atoms with E-state index in [4.69, 9.17) is 9.84 Å². The first-order chi connectivity index (χ1) is 5.42. The first-order valence-corrected chi connectivity index (χ1v) is 4.20. The third-order valence-corrected chi connectivity index (χ3v) is 2.62. The van der Waals surface area contributed by atoms with Crippen molar-refractivity contribution in [3.8, 4) is 0 Å². The van der Waals surface area contributed by atoms with Gasteiger partial charge in [0.25, 0.3) is 0 Å². The molecule has 70 valence electrons. The van der Waals surface area contributed by atoms with Crippen molar-refractivity contribution in [2.24, 2.45) is 5.41 Å². The molecular weight excluding hydrogens is 156 g/mol. The largest absolute Gasteiger partial charge is 0.481 e. The van der Waals surface area contributed by atoms with Crippen LogP contribution < -0.4 is 0 Å². The Morgan fingerprint density at radius 1 is 1.58 bits per heavy atom. The Balaban J connectivity index is 2.56. The van der Waals surface area contributed by atoms with Crippen LogP contribution in [0.5, 0.6) is 0 Å². The van der Waals surface area contributed by atoms with Crippen molar-refractivity contribution in [2.45, 2.75) is 38.7 Å². The molecule has 3 heteroatoms. The zero-order chi connectivity index (χ0) is 9.41. The molecule has 0 radical (unpaired) electrons. The number of rotatable bonds is 4. The standard InChI is InChI=1S/C9H16O3/c1-8(2,12-3)6-9(4-5-9)7(10)11/h4-6H2,1-3H3,(H,10,11). The number of hydrogen-bond acceptors (Lipinski definition) is 2. The lowest BCUT2D eigenvalue weighted by atomic mass is 9.91. The Bertz CT molecular complexity index is 192. The highest BCUT2D eigenvalue weighted by atomic mass is 16.5. The molecule has 0 spiro atoms. The molecule has 0 amide bonds. The van der Waals surface area contributed by atoms with E-state index in [9.17, 15) is 4.79 Å². The second-order valence-corrected chi connectivity index (χ2v) is 4.23. The SMILES string of the molecule is COC(C)(C)CC1(C(=O)O)CC1. The monoisotopic (exact) mass is 172 g/mol. The maximum absolute atomic E-state index is 10.8. The second kappa shape index (κ2) is 2.73. The lowest BCUT2D eigenvalue weighted by Crippen LogP contribution is -2.30. The minimum atomic E-state index is -0.673. The van der Waals surface area contributed by atoms with E-state index in [-0.39, 0.29) is 5.60 Å². The fourth-order valence-corrected chi connectivity index (χ4v) is 1.50.